The van der Waals surface area contributed by atoms with Crippen molar-refractivity contribution in [2.45, 2.75) is 45.1 Å². The van der Waals surface area contributed by atoms with Gasteiger partial charge in [0.15, 0.2) is 0 Å². The topological polar surface area (TPSA) is 32.7 Å². The van der Waals surface area contributed by atoms with E-state index in [-0.39, 0.29) is 0 Å². The first kappa shape index (κ1) is 17.3. The maximum Gasteiger partial charge on any atom is 0.0924 e. The molecule has 3 heteroatoms. The summed E-state index contributed by atoms with van der Waals surface area (Å²) in [7, 11) is 5.83. The van der Waals surface area contributed by atoms with Crippen LogP contribution in [-0.4, -0.2) is 43.4 Å². The van der Waals surface area contributed by atoms with Gasteiger partial charge in [0.2, 0.25) is 0 Å². The Kier molecular flexibility index (Phi) is 6.77. The molecule has 20 heavy (non-hydrogen) atoms. The molecule has 116 valence electrons. The lowest BCUT2D eigenvalue weighted by atomic mass is 9.69. The third kappa shape index (κ3) is 5.29. The molecule has 0 spiro atoms. The van der Waals surface area contributed by atoms with E-state index < -0.39 is 5.60 Å². The van der Waals surface area contributed by atoms with E-state index >= 15 is 0 Å². The average Bonchev–Trinajstić information content (AvgIpc) is 2.37. The Labute approximate surface area is 124 Å². The van der Waals surface area contributed by atoms with Crippen LogP contribution in [0.15, 0.2) is 24.0 Å². The van der Waals surface area contributed by atoms with Gasteiger partial charge in [0.25, 0.3) is 0 Å². The molecule has 0 heterocycles. The van der Waals surface area contributed by atoms with Crippen molar-refractivity contribution >= 4 is 0 Å². The maximum absolute atomic E-state index is 11.0. The highest BCUT2D eigenvalue weighted by molar-refractivity contribution is 5.08. The quantitative estimate of drug-likeness (QED) is 0.599. The first-order valence-corrected chi connectivity index (χ1v) is 7.62. The van der Waals surface area contributed by atoms with Gasteiger partial charge >= 0.3 is 0 Å². The Morgan fingerprint density at radius 1 is 1.40 bits per heavy atom. The smallest absolute Gasteiger partial charge is 0.0924 e. The third-order valence-electron chi connectivity index (χ3n) is 4.32. The predicted octanol–water partition coefficient (Wildman–Crippen LogP) is 3.21. The number of allylic oxidation sites excluding steroid dienone is 3. The summed E-state index contributed by atoms with van der Waals surface area (Å²) in [5.74, 6) is 1.86. The van der Waals surface area contributed by atoms with E-state index in [4.69, 9.17) is 4.74 Å². The second-order valence-electron chi connectivity index (χ2n) is 6.56. The Morgan fingerprint density at radius 3 is 2.70 bits per heavy atom. The molecule has 3 unspecified atom stereocenters. The van der Waals surface area contributed by atoms with Crippen molar-refractivity contribution in [2.24, 2.45) is 11.8 Å². The number of rotatable bonds is 6. The fourth-order valence-corrected chi connectivity index (χ4v) is 3.12. The van der Waals surface area contributed by atoms with Gasteiger partial charge in [0.05, 0.1) is 18.5 Å². The number of nitrogens with zero attached hydrogens (tertiary/aromatic N) is 1. The van der Waals surface area contributed by atoms with Crippen LogP contribution in [0.1, 0.15) is 39.5 Å². The molecule has 0 aromatic rings. The zero-order valence-electron chi connectivity index (χ0n) is 13.7. The van der Waals surface area contributed by atoms with Crippen molar-refractivity contribution in [3.8, 4) is 0 Å². The van der Waals surface area contributed by atoms with Crippen molar-refractivity contribution in [2.75, 3.05) is 27.7 Å². The van der Waals surface area contributed by atoms with Gasteiger partial charge in [-0.05, 0) is 52.3 Å². The highest BCUT2D eigenvalue weighted by atomic mass is 16.5. The molecule has 0 aliphatic heterocycles. The summed E-state index contributed by atoms with van der Waals surface area (Å²) in [4.78, 5) is 2.18. The van der Waals surface area contributed by atoms with Crippen LogP contribution in [0.3, 0.4) is 0 Å². The molecule has 0 aromatic heterocycles. The lowest BCUT2D eigenvalue weighted by molar-refractivity contribution is -0.0677. The zero-order valence-corrected chi connectivity index (χ0v) is 13.7. The van der Waals surface area contributed by atoms with Crippen molar-refractivity contribution < 1.29 is 9.84 Å². The van der Waals surface area contributed by atoms with Crippen LogP contribution in [0.2, 0.25) is 0 Å². The second kappa shape index (κ2) is 7.84. The number of hydrogen-bond acceptors (Lipinski definition) is 3. The molecule has 0 bridgehead atoms. The van der Waals surface area contributed by atoms with Crippen molar-refractivity contribution in [3.05, 3.63) is 24.0 Å². The molecule has 0 aromatic carbocycles. The van der Waals surface area contributed by atoms with E-state index in [0.717, 1.165) is 31.6 Å². The van der Waals surface area contributed by atoms with E-state index in [2.05, 4.69) is 32.0 Å². The van der Waals surface area contributed by atoms with Gasteiger partial charge in [-0.1, -0.05) is 25.5 Å². The molecule has 1 fully saturated rings. The molecule has 0 amide bonds. The van der Waals surface area contributed by atoms with Crippen LogP contribution >= 0.6 is 0 Å². The number of methoxy groups -OCH3 is 1. The minimum atomic E-state index is -0.562. The Morgan fingerprint density at radius 2 is 2.10 bits per heavy atom. The van der Waals surface area contributed by atoms with Gasteiger partial charge in [-0.3, -0.25) is 0 Å². The lowest BCUT2D eigenvalue weighted by Gasteiger charge is -2.43. The Balaban J connectivity index is 2.68. The van der Waals surface area contributed by atoms with Gasteiger partial charge in [0.1, 0.15) is 0 Å². The molecule has 0 saturated heterocycles. The molecule has 0 radical (unpaired) electrons. The van der Waals surface area contributed by atoms with Crippen molar-refractivity contribution in [1.82, 2.24) is 4.90 Å². The number of aliphatic hydroxyl groups is 1. The van der Waals surface area contributed by atoms with Crippen molar-refractivity contribution in [3.63, 3.8) is 0 Å². The van der Waals surface area contributed by atoms with Crippen LogP contribution in [0.4, 0.5) is 0 Å². The lowest BCUT2D eigenvalue weighted by Crippen LogP contribution is -2.46. The van der Waals surface area contributed by atoms with Gasteiger partial charge in [0, 0.05) is 12.5 Å². The molecule has 1 aliphatic carbocycles. The van der Waals surface area contributed by atoms with Crippen LogP contribution < -0.4 is 0 Å². The maximum atomic E-state index is 11.0. The molecular formula is C17H31NO2. The predicted molar refractivity (Wildman–Crippen MR) is 84.5 cm³/mol. The SMILES string of the molecule is COC(C)=CC=CCC1(O)CC(C)CCC1CN(C)C. The molecule has 3 atom stereocenters. The van der Waals surface area contributed by atoms with Gasteiger partial charge in [-0.15, -0.1) is 0 Å². The summed E-state index contributed by atoms with van der Waals surface area (Å²) in [6.07, 6.45) is 9.98. The van der Waals surface area contributed by atoms with E-state index in [0.29, 0.717) is 11.8 Å². The van der Waals surface area contributed by atoms with Crippen LogP contribution in [0.5, 0.6) is 0 Å². The van der Waals surface area contributed by atoms with Crippen LogP contribution in [-0.2, 0) is 4.74 Å². The summed E-state index contributed by atoms with van der Waals surface area (Å²) in [6, 6.07) is 0. The summed E-state index contributed by atoms with van der Waals surface area (Å²) in [5.41, 5.74) is -0.562. The number of hydrogen-bond donors (Lipinski definition) is 1. The van der Waals surface area contributed by atoms with E-state index in [1.165, 1.54) is 6.42 Å². The minimum Gasteiger partial charge on any atom is -0.501 e. The molecule has 1 N–H and O–H groups in total. The molecule has 1 rings (SSSR count). The van der Waals surface area contributed by atoms with Gasteiger partial charge < -0.3 is 14.7 Å². The molecule has 1 aliphatic rings. The van der Waals surface area contributed by atoms with Gasteiger partial charge in [-0.25, -0.2) is 0 Å². The molecule has 1 saturated carbocycles. The second-order valence-corrected chi connectivity index (χ2v) is 6.56. The number of ether oxygens (including phenoxy) is 1. The Hall–Kier alpha value is -0.800. The molecular weight excluding hydrogens is 250 g/mol. The third-order valence-corrected chi connectivity index (χ3v) is 4.32. The van der Waals surface area contributed by atoms with Crippen molar-refractivity contribution in [1.29, 1.82) is 0 Å². The van der Waals surface area contributed by atoms with E-state index in [1.54, 1.807) is 7.11 Å². The van der Waals surface area contributed by atoms with Gasteiger partial charge in [-0.2, -0.15) is 0 Å². The largest absolute Gasteiger partial charge is 0.501 e. The summed E-state index contributed by atoms with van der Waals surface area (Å²) < 4.78 is 5.10. The first-order chi connectivity index (χ1) is 9.37. The summed E-state index contributed by atoms with van der Waals surface area (Å²) >= 11 is 0. The minimum absolute atomic E-state index is 0.367. The average molecular weight is 281 g/mol. The highest BCUT2D eigenvalue weighted by Crippen LogP contribution is 2.39. The van der Waals surface area contributed by atoms with Crippen LogP contribution in [0.25, 0.3) is 0 Å². The Bertz CT molecular complexity index is 349. The fourth-order valence-electron chi connectivity index (χ4n) is 3.12. The fraction of sp³-hybridized carbons (Fsp3) is 0.765. The normalized spacial score (nSPS) is 32.0. The summed E-state index contributed by atoms with van der Waals surface area (Å²) in [6.45, 7) is 5.14. The van der Waals surface area contributed by atoms with E-state index in [9.17, 15) is 5.11 Å². The monoisotopic (exact) mass is 281 g/mol. The summed E-state index contributed by atoms with van der Waals surface area (Å²) in [5, 5.41) is 11.0. The van der Waals surface area contributed by atoms with E-state index in [1.807, 2.05) is 19.1 Å². The van der Waals surface area contributed by atoms with Crippen LogP contribution in [0, 0.1) is 11.8 Å². The first-order valence-electron chi connectivity index (χ1n) is 7.62. The zero-order chi connectivity index (χ0) is 15.2. The highest BCUT2D eigenvalue weighted by Gasteiger charge is 2.40. The standard InChI is InChI=1S/C17H31NO2/c1-14-9-10-16(13-18(3)4)17(19,12-14)11-7-6-8-15(2)20-5/h6-8,14,16,19H,9-13H2,1-5H3. The molecule has 3 nitrogen and oxygen atoms in total.